The molecule has 4 N–H and O–H groups in total. The summed E-state index contributed by atoms with van der Waals surface area (Å²) >= 11 is 0. The Kier molecular flexibility index (Phi) is 2.92. The van der Waals surface area contributed by atoms with Crippen molar-refractivity contribution in [3.63, 3.8) is 0 Å². The Bertz CT molecular complexity index is 381. The van der Waals surface area contributed by atoms with Gasteiger partial charge in [0.15, 0.2) is 0 Å². The summed E-state index contributed by atoms with van der Waals surface area (Å²) < 4.78 is 0. The number of piperazine rings is 1. The van der Waals surface area contributed by atoms with E-state index in [9.17, 15) is 0 Å². The van der Waals surface area contributed by atoms with Crippen LogP contribution in [0.1, 0.15) is 5.56 Å². The Morgan fingerprint density at radius 2 is 1.56 bits per heavy atom. The highest BCUT2D eigenvalue weighted by Crippen LogP contribution is 2.28. The zero-order valence-corrected chi connectivity index (χ0v) is 10.0. The number of aryl methyl sites for hydroxylation is 1. The van der Waals surface area contributed by atoms with Gasteiger partial charge in [-0.1, -0.05) is 0 Å². The van der Waals surface area contributed by atoms with Gasteiger partial charge in [-0.05, 0) is 31.7 Å². The first-order valence-corrected chi connectivity index (χ1v) is 5.67. The van der Waals surface area contributed by atoms with E-state index in [4.69, 9.17) is 11.5 Å². The SMILES string of the molecule is Cc1cc(N)c(N)cc1N1CCN(C)CC1. The molecule has 4 nitrogen and oxygen atoms in total. The van der Waals surface area contributed by atoms with Crippen molar-refractivity contribution in [3.8, 4) is 0 Å². The minimum absolute atomic E-state index is 0.676. The Morgan fingerprint density at radius 1 is 1.00 bits per heavy atom. The molecule has 1 heterocycles. The molecule has 16 heavy (non-hydrogen) atoms. The molecule has 1 saturated heterocycles. The van der Waals surface area contributed by atoms with Gasteiger partial charge in [-0.3, -0.25) is 0 Å². The van der Waals surface area contributed by atoms with Gasteiger partial charge >= 0.3 is 0 Å². The van der Waals surface area contributed by atoms with Crippen molar-refractivity contribution in [2.24, 2.45) is 0 Å². The largest absolute Gasteiger partial charge is 0.397 e. The molecule has 0 saturated carbocycles. The summed E-state index contributed by atoms with van der Waals surface area (Å²) in [5.41, 5.74) is 15.4. The van der Waals surface area contributed by atoms with Gasteiger partial charge in [0.05, 0.1) is 11.4 Å². The number of hydrogen-bond donors (Lipinski definition) is 2. The third-order valence-corrected chi connectivity index (χ3v) is 3.25. The van der Waals surface area contributed by atoms with Crippen molar-refractivity contribution in [1.29, 1.82) is 0 Å². The highest BCUT2D eigenvalue weighted by atomic mass is 15.2. The fraction of sp³-hybridized carbons (Fsp3) is 0.500. The molecule has 0 bridgehead atoms. The second-order valence-electron chi connectivity index (χ2n) is 4.56. The molecule has 0 aromatic heterocycles. The van der Waals surface area contributed by atoms with E-state index in [2.05, 4.69) is 23.8 Å². The second kappa shape index (κ2) is 4.22. The lowest BCUT2D eigenvalue weighted by Crippen LogP contribution is -2.44. The summed E-state index contributed by atoms with van der Waals surface area (Å²) in [6.45, 7) is 6.40. The van der Waals surface area contributed by atoms with E-state index in [1.807, 2.05) is 12.1 Å². The third kappa shape index (κ3) is 2.07. The van der Waals surface area contributed by atoms with Gasteiger partial charge in [0, 0.05) is 31.9 Å². The van der Waals surface area contributed by atoms with Crippen molar-refractivity contribution in [3.05, 3.63) is 17.7 Å². The number of nitrogens with two attached hydrogens (primary N) is 2. The maximum atomic E-state index is 5.86. The molecule has 1 aliphatic heterocycles. The Balaban J connectivity index is 2.23. The van der Waals surface area contributed by atoms with E-state index in [0.717, 1.165) is 26.2 Å². The fourth-order valence-electron chi connectivity index (χ4n) is 2.12. The molecule has 0 unspecified atom stereocenters. The smallest absolute Gasteiger partial charge is 0.0568 e. The lowest BCUT2D eigenvalue weighted by atomic mass is 10.1. The average molecular weight is 220 g/mol. The number of nitrogen functional groups attached to an aromatic ring is 2. The van der Waals surface area contributed by atoms with E-state index in [0.29, 0.717) is 11.4 Å². The van der Waals surface area contributed by atoms with E-state index in [-0.39, 0.29) is 0 Å². The second-order valence-corrected chi connectivity index (χ2v) is 4.56. The quantitative estimate of drug-likeness (QED) is 0.691. The van der Waals surface area contributed by atoms with E-state index in [1.165, 1.54) is 11.3 Å². The molecule has 0 radical (unpaired) electrons. The molecule has 0 amide bonds. The van der Waals surface area contributed by atoms with Crippen LogP contribution in [0, 0.1) is 6.92 Å². The minimum atomic E-state index is 0.676. The maximum Gasteiger partial charge on any atom is 0.0568 e. The summed E-state index contributed by atoms with van der Waals surface area (Å²) in [6.07, 6.45) is 0. The highest BCUT2D eigenvalue weighted by molar-refractivity contribution is 5.73. The first kappa shape index (κ1) is 11.1. The van der Waals surface area contributed by atoms with Crippen molar-refractivity contribution in [1.82, 2.24) is 4.90 Å². The van der Waals surface area contributed by atoms with Crippen LogP contribution in [0.15, 0.2) is 12.1 Å². The first-order valence-electron chi connectivity index (χ1n) is 5.67. The number of rotatable bonds is 1. The molecule has 0 atom stereocenters. The van der Waals surface area contributed by atoms with Gasteiger partial charge in [-0.15, -0.1) is 0 Å². The van der Waals surface area contributed by atoms with Gasteiger partial charge in [0.25, 0.3) is 0 Å². The van der Waals surface area contributed by atoms with Crippen molar-refractivity contribution in [2.45, 2.75) is 6.92 Å². The molecule has 0 aliphatic carbocycles. The number of hydrogen-bond acceptors (Lipinski definition) is 4. The lowest BCUT2D eigenvalue weighted by Gasteiger charge is -2.35. The van der Waals surface area contributed by atoms with Gasteiger partial charge in [-0.25, -0.2) is 0 Å². The van der Waals surface area contributed by atoms with Crippen LogP contribution in [0.25, 0.3) is 0 Å². The van der Waals surface area contributed by atoms with Crippen molar-refractivity contribution in [2.75, 3.05) is 49.6 Å². The zero-order valence-electron chi connectivity index (χ0n) is 10.0. The molecule has 0 spiro atoms. The van der Waals surface area contributed by atoms with Crippen LogP contribution >= 0.6 is 0 Å². The van der Waals surface area contributed by atoms with Crippen LogP contribution in [0.5, 0.6) is 0 Å². The van der Waals surface area contributed by atoms with Gasteiger partial charge < -0.3 is 21.3 Å². The topological polar surface area (TPSA) is 58.5 Å². The normalized spacial score (nSPS) is 17.8. The Labute approximate surface area is 96.8 Å². The number of likely N-dealkylation sites (N-methyl/N-ethyl adjacent to an activating group) is 1. The molecule has 1 aromatic rings. The Morgan fingerprint density at radius 3 is 2.19 bits per heavy atom. The van der Waals surface area contributed by atoms with Crippen molar-refractivity contribution < 1.29 is 0 Å². The first-order chi connectivity index (χ1) is 7.58. The molecular formula is C12H20N4. The Hall–Kier alpha value is -1.42. The number of anilines is 3. The molecule has 1 aliphatic rings. The lowest BCUT2D eigenvalue weighted by molar-refractivity contribution is 0.312. The molecule has 1 fully saturated rings. The van der Waals surface area contributed by atoms with Crippen LogP contribution in [0.4, 0.5) is 17.1 Å². The van der Waals surface area contributed by atoms with E-state index in [1.54, 1.807) is 0 Å². The van der Waals surface area contributed by atoms with Crippen LogP contribution in [0.3, 0.4) is 0 Å². The van der Waals surface area contributed by atoms with Crippen LogP contribution < -0.4 is 16.4 Å². The van der Waals surface area contributed by atoms with Gasteiger partial charge in [0.2, 0.25) is 0 Å². The molecule has 1 aromatic carbocycles. The monoisotopic (exact) mass is 220 g/mol. The summed E-state index contributed by atoms with van der Waals surface area (Å²) in [5.74, 6) is 0. The summed E-state index contributed by atoms with van der Waals surface area (Å²) in [5, 5.41) is 0. The zero-order chi connectivity index (χ0) is 11.7. The predicted octanol–water partition coefficient (Wildman–Crippen LogP) is 0.911. The van der Waals surface area contributed by atoms with E-state index >= 15 is 0 Å². The molecule has 4 heteroatoms. The summed E-state index contributed by atoms with van der Waals surface area (Å²) in [6, 6.07) is 3.96. The number of benzene rings is 1. The molecule has 2 rings (SSSR count). The van der Waals surface area contributed by atoms with Gasteiger partial charge in [-0.2, -0.15) is 0 Å². The van der Waals surface area contributed by atoms with Gasteiger partial charge in [0.1, 0.15) is 0 Å². The number of nitrogens with zero attached hydrogens (tertiary/aromatic N) is 2. The summed E-state index contributed by atoms with van der Waals surface area (Å²) in [7, 11) is 2.15. The van der Waals surface area contributed by atoms with Crippen LogP contribution in [0.2, 0.25) is 0 Å². The molecular weight excluding hydrogens is 200 g/mol. The van der Waals surface area contributed by atoms with Crippen LogP contribution in [-0.2, 0) is 0 Å². The standard InChI is InChI=1S/C12H20N4/c1-9-7-10(13)11(14)8-12(9)16-5-3-15(2)4-6-16/h7-8H,3-6,13-14H2,1-2H3. The maximum absolute atomic E-state index is 5.86. The average Bonchev–Trinajstić information content (AvgIpc) is 2.25. The highest BCUT2D eigenvalue weighted by Gasteiger charge is 2.16. The predicted molar refractivity (Wildman–Crippen MR) is 69.7 cm³/mol. The summed E-state index contributed by atoms with van der Waals surface area (Å²) in [4.78, 5) is 4.72. The van der Waals surface area contributed by atoms with E-state index < -0.39 is 0 Å². The fourth-order valence-corrected chi connectivity index (χ4v) is 2.12. The van der Waals surface area contributed by atoms with Crippen molar-refractivity contribution >= 4 is 17.1 Å². The van der Waals surface area contributed by atoms with Crippen LogP contribution in [-0.4, -0.2) is 38.1 Å². The minimum Gasteiger partial charge on any atom is -0.397 e. The molecule has 88 valence electrons. The third-order valence-electron chi connectivity index (χ3n) is 3.25.